The zero-order chi connectivity index (χ0) is 15.6. The summed E-state index contributed by atoms with van der Waals surface area (Å²) in [5.41, 5.74) is 1.29. The third kappa shape index (κ3) is 3.13. The van der Waals surface area contributed by atoms with Crippen LogP contribution in [0.4, 0.5) is 0 Å². The molecular formula is C14H17N3O3S. The van der Waals surface area contributed by atoms with Gasteiger partial charge in [-0.15, -0.1) is 0 Å². The smallest absolute Gasteiger partial charge is 0.251 e. The van der Waals surface area contributed by atoms with Gasteiger partial charge in [0.25, 0.3) is 5.91 Å². The van der Waals surface area contributed by atoms with Crippen molar-refractivity contribution in [3.8, 4) is 0 Å². The maximum Gasteiger partial charge on any atom is 0.251 e. The highest BCUT2D eigenvalue weighted by Crippen LogP contribution is 2.24. The molecule has 1 aromatic heterocycles. The zero-order valence-electron chi connectivity index (χ0n) is 12.1. The Morgan fingerprint density at radius 2 is 2.05 bits per heavy atom. The molecule has 0 saturated carbocycles. The van der Waals surface area contributed by atoms with E-state index in [0.717, 1.165) is 15.8 Å². The lowest BCUT2D eigenvalue weighted by Crippen LogP contribution is -2.35. The van der Waals surface area contributed by atoms with Crippen LogP contribution in [0, 0.1) is 0 Å². The van der Waals surface area contributed by atoms with Crippen molar-refractivity contribution in [1.29, 1.82) is 0 Å². The minimum atomic E-state index is -1.09. The number of amides is 2. The number of carbonyl (C=O) groups excluding carboxylic acids is 2. The standard InChI is InChI=1S/C14H17N3O3S/c1-15-13(18)7-16-14(19)9-4-5-10-11(6-9)17(2)8-12(10)21(3)20/h4-6,8H,7H2,1-3H3,(H,15,18)(H,16,19). The van der Waals surface area contributed by atoms with Gasteiger partial charge in [0.05, 0.1) is 22.2 Å². The molecule has 0 radical (unpaired) electrons. The normalized spacial score (nSPS) is 12.1. The third-order valence-corrected chi connectivity index (χ3v) is 4.16. The summed E-state index contributed by atoms with van der Waals surface area (Å²) in [6.07, 6.45) is 3.42. The van der Waals surface area contributed by atoms with E-state index in [9.17, 15) is 13.8 Å². The van der Waals surface area contributed by atoms with Gasteiger partial charge in [0.1, 0.15) is 0 Å². The fourth-order valence-electron chi connectivity index (χ4n) is 2.07. The van der Waals surface area contributed by atoms with Crippen LogP contribution in [0.5, 0.6) is 0 Å². The molecule has 1 heterocycles. The fraction of sp³-hybridized carbons (Fsp3) is 0.286. The van der Waals surface area contributed by atoms with Gasteiger partial charge >= 0.3 is 0 Å². The van der Waals surface area contributed by atoms with Gasteiger partial charge in [0, 0.05) is 43.0 Å². The SMILES string of the molecule is CNC(=O)CNC(=O)c1ccc2c(S(C)=O)cn(C)c2c1. The number of rotatable bonds is 4. The average molecular weight is 307 g/mol. The average Bonchev–Trinajstić information content (AvgIpc) is 2.81. The van der Waals surface area contributed by atoms with Crippen molar-refractivity contribution in [2.75, 3.05) is 19.8 Å². The van der Waals surface area contributed by atoms with E-state index < -0.39 is 10.8 Å². The Morgan fingerprint density at radius 1 is 1.33 bits per heavy atom. The van der Waals surface area contributed by atoms with Gasteiger partial charge in [0.2, 0.25) is 5.91 Å². The van der Waals surface area contributed by atoms with Crippen LogP contribution in [0.25, 0.3) is 10.9 Å². The Balaban J connectivity index is 2.31. The molecule has 1 atom stereocenters. The van der Waals surface area contributed by atoms with E-state index in [2.05, 4.69) is 10.6 Å². The summed E-state index contributed by atoms with van der Waals surface area (Å²) in [6, 6.07) is 5.17. The number of aryl methyl sites for hydroxylation is 1. The molecule has 2 aromatic rings. The molecule has 0 saturated heterocycles. The number of hydrogen-bond donors (Lipinski definition) is 2. The summed E-state index contributed by atoms with van der Waals surface area (Å²) in [4.78, 5) is 23.9. The molecule has 2 N–H and O–H groups in total. The molecule has 2 rings (SSSR count). The van der Waals surface area contributed by atoms with E-state index in [4.69, 9.17) is 0 Å². The van der Waals surface area contributed by atoms with Gasteiger partial charge in [-0.05, 0) is 12.1 Å². The number of nitrogens with zero attached hydrogens (tertiary/aromatic N) is 1. The van der Waals surface area contributed by atoms with Crippen LogP contribution in [-0.2, 0) is 22.6 Å². The van der Waals surface area contributed by atoms with Gasteiger partial charge < -0.3 is 15.2 Å². The van der Waals surface area contributed by atoms with E-state index in [0.29, 0.717) is 5.56 Å². The number of hydrogen-bond acceptors (Lipinski definition) is 3. The summed E-state index contributed by atoms with van der Waals surface area (Å²) in [5, 5.41) is 5.84. The first-order chi connectivity index (χ1) is 9.93. The predicted octanol–water partition coefficient (Wildman–Crippen LogP) is 0.391. The summed E-state index contributed by atoms with van der Waals surface area (Å²) < 4.78 is 13.5. The minimum Gasteiger partial charge on any atom is -0.358 e. The minimum absolute atomic E-state index is 0.0647. The van der Waals surface area contributed by atoms with E-state index in [-0.39, 0.29) is 18.4 Å². The molecule has 0 aliphatic rings. The number of carbonyl (C=O) groups is 2. The molecule has 6 nitrogen and oxygen atoms in total. The molecule has 1 unspecified atom stereocenters. The highest BCUT2D eigenvalue weighted by molar-refractivity contribution is 7.84. The lowest BCUT2D eigenvalue weighted by Gasteiger charge is -2.05. The Labute approximate surface area is 125 Å². The molecule has 112 valence electrons. The van der Waals surface area contributed by atoms with Crippen LogP contribution < -0.4 is 10.6 Å². The lowest BCUT2D eigenvalue weighted by atomic mass is 10.1. The number of nitrogens with one attached hydrogen (secondary N) is 2. The molecule has 0 fully saturated rings. The van der Waals surface area contributed by atoms with Crippen molar-refractivity contribution in [3.05, 3.63) is 30.0 Å². The van der Waals surface area contributed by atoms with Crippen molar-refractivity contribution in [2.45, 2.75) is 4.90 Å². The zero-order valence-corrected chi connectivity index (χ0v) is 12.9. The van der Waals surface area contributed by atoms with Crippen LogP contribution in [0.1, 0.15) is 10.4 Å². The molecular weight excluding hydrogens is 290 g/mol. The Hall–Kier alpha value is -2.15. The maximum atomic E-state index is 12.0. The molecule has 0 bridgehead atoms. The Morgan fingerprint density at radius 3 is 2.67 bits per heavy atom. The molecule has 0 aliphatic carbocycles. The van der Waals surface area contributed by atoms with Gasteiger partial charge in [-0.3, -0.25) is 13.8 Å². The number of aromatic nitrogens is 1. The first-order valence-corrected chi connectivity index (χ1v) is 7.91. The topological polar surface area (TPSA) is 80.2 Å². The lowest BCUT2D eigenvalue weighted by molar-refractivity contribution is -0.119. The highest BCUT2D eigenvalue weighted by atomic mass is 32.2. The molecule has 1 aromatic carbocycles. The quantitative estimate of drug-likeness (QED) is 0.857. The van der Waals surface area contributed by atoms with Crippen molar-refractivity contribution < 1.29 is 13.8 Å². The molecule has 7 heteroatoms. The largest absolute Gasteiger partial charge is 0.358 e. The van der Waals surface area contributed by atoms with E-state index in [1.54, 1.807) is 30.7 Å². The first-order valence-electron chi connectivity index (χ1n) is 6.35. The van der Waals surface area contributed by atoms with E-state index in [1.807, 2.05) is 11.6 Å². The number of benzene rings is 1. The van der Waals surface area contributed by atoms with Gasteiger partial charge in [-0.25, -0.2) is 0 Å². The highest BCUT2D eigenvalue weighted by Gasteiger charge is 2.13. The molecule has 21 heavy (non-hydrogen) atoms. The van der Waals surface area contributed by atoms with E-state index in [1.165, 1.54) is 7.05 Å². The summed E-state index contributed by atoms with van der Waals surface area (Å²) >= 11 is 0. The van der Waals surface area contributed by atoms with Crippen molar-refractivity contribution >= 4 is 33.5 Å². The van der Waals surface area contributed by atoms with Crippen molar-refractivity contribution in [1.82, 2.24) is 15.2 Å². The third-order valence-electron chi connectivity index (χ3n) is 3.21. The van der Waals surface area contributed by atoms with Gasteiger partial charge in [-0.2, -0.15) is 0 Å². The second-order valence-corrected chi connectivity index (χ2v) is 5.99. The van der Waals surface area contributed by atoms with Crippen LogP contribution in [0.3, 0.4) is 0 Å². The number of likely N-dealkylation sites (N-methyl/N-ethyl adjacent to an activating group) is 1. The van der Waals surface area contributed by atoms with Crippen LogP contribution in [0.15, 0.2) is 29.3 Å². The predicted molar refractivity (Wildman–Crippen MR) is 81.7 cm³/mol. The Bertz CT molecular complexity index is 736. The van der Waals surface area contributed by atoms with Crippen LogP contribution in [0.2, 0.25) is 0 Å². The molecule has 0 spiro atoms. The van der Waals surface area contributed by atoms with E-state index >= 15 is 0 Å². The second-order valence-electron chi connectivity index (χ2n) is 4.65. The number of fused-ring (bicyclic) bond motifs is 1. The van der Waals surface area contributed by atoms with Crippen LogP contribution in [-0.4, -0.2) is 40.4 Å². The van der Waals surface area contributed by atoms with Gasteiger partial charge in [0.15, 0.2) is 0 Å². The summed E-state index contributed by atoms with van der Waals surface area (Å²) in [5.74, 6) is -0.576. The first kappa shape index (κ1) is 15.2. The molecule has 0 aliphatic heterocycles. The summed E-state index contributed by atoms with van der Waals surface area (Å²) in [6.45, 7) is -0.0647. The Kier molecular flexibility index (Phi) is 4.42. The second kappa shape index (κ2) is 6.09. The molecule has 2 amide bonds. The fourth-order valence-corrected chi connectivity index (χ4v) is 2.86. The maximum absolute atomic E-state index is 12.0. The van der Waals surface area contributed by atoms with Crippen molar-refractivity contribution in [3.63, 3.8) is 0 Å². The van der Waals surface area contributed by atoms with Crippen LogP contribution >= 0.6 is 0 Å². The van der Waals surface area contributed by atoms with Crippen molar-refractivity contribution in [2.24, 2.45) is 7.05 Å². The van der Waals surface area contributed by atoms with Gasteiger partial charge in [-0.1, -0.05) is 6.07 Å². The summed E-state index contributed by atoms with van der Waals surface area (Å²) in [7, 11) is 2.26. The monoisotopic (exact) mass is 307 g/mol.